The maximum Gasteiger partial charge on any atom is 0.0613 e. The monoisotopic (exact) mass is 303 g/mol. The lowest BCUT2D eigenvalue weighted by Gasteiger charge is -2.41. The van der Waals surface area contributed by atoms with Crippen LogP contribution < -0.4 is 5.32 Å². The van der Waals surface area contributed by atoms with Gasteiger partial charge in [0, 0.05) is 21.6 Å². The topological polar surface area (TPSA) is 32.3 Å². The first kappa shape index (κ1) is 12.4. The van der Waals surface area contributed by atoms with Crippen molar-refractivity contribution in [3.05, 3.63) is 33.3 Å². The highest BCUT2D eigenvalue weighted by Crippen LogP contribution is 2.32. The SMILES string of the molecule is OCC1(NCc2cc(Br)ccc2Cl)CCC1. The molecule has 1 fully saturated rings. The Morgan fingerprint density at radius 2 is 2.19 bits per heavy atom. The van der Waals surface area contributed by atoms with Gasteiger partial charge < -0.3 is 10.4 Å². The van der Waals surface area contributed by atoms with E-state index in [1.807, 2.05) is 18.2 Å². The second-order valence-electron chi connectivity index (χ2n) is 4.38. The average molecular weight is 305 g/mol. The molecule has 0 saturated heterocycles. The first-order chi connectivity index (χ1) is 7.65. The number of aliphatic hydroxyl groups excluding tert-OH is 1. The Balaban J connectivity index is 2.01. The minimum atomic E-state index is -0.0638. The highest BCUT2D eigenvalue weighted by Gasteiger charge is 2.35. The molecule has 0 aliphatic heterocycles. The van der Waals surface area contributed by atoms with Crippen molar-refractivity contribution in [3.63, 3.8) is 0 Å². The Morgan fingerprint density at radius 3 is 2.75 bits per heavy atom. The summed E-state index contributed by atoms with van der Waals surface area (Å²) in [4.78, 5) is 0. The maximum atomic E-state index is 9.33. The summed E-state index contributed by atoms with van der Waals surface area (Å²) in [6.45, 7) is 0.914. The summed E-state index contributed by atoms with van der Waals surface area (Å²) in [6.07, 6.45) is 3.30. The van der Waals surface area contributed by atoms with Gasteiger partial charge in [0.25, 0.3) is 0 Å². The van der Waals surface area contributed by atoms with Crippen LogP contribution in [0.1, 0.15) is 24.8 Å². The van der Waals surface area contributed by atoms with Gasteiger partial charge in [0.2, 0.25) is 0 Å². The molecule has 2 rings (SSSR count). The normalized spacial score (nSPS) is 18.2. The van der Waals surface area contributed by atoms with Crippen LogP contribution in [0.2, 0.25) is 5.02 Å². The van der Waals surface area contributed by atoms with Crippen molar-refractivity contribution in [1.29, 1.82) is 0 Å². The predicted octanol–water partition coefficient (Wildman–Crippen LogP) is 3.11. The molecule has 0 bridgehead atoms. The number of rotatable bonds is 4. The fourth-order valence-electron chi connectivity index (χ4n) is 1.96. The number of hydrogen-bond acceptors (Lipinski definition) is 2. The van der Waals surface area contributed by atoms with E-state index in [4.69, 9.17) is 11.6 Å². The second kappa shape index (κ2) is 5.05. The van der Waals surface area contributed by atoms with Crippen molar-refractivity contribution in [2.75, 3.05) is 6.61 Å². The minimum absolute atomic E-state index is 0.0638. The van der Waals surface area contributed by atoms with E-state index in [1.165, 1.54) is 6.42 Å². The van der Waals surface area contributed by atoms with Crippen LogP contribution in [0.5, 0.6) is 0 Å². The van der Waals surface area contributed by atoms with E-state index >= 15 is 0 Å². The molecular formula is C12H15BrClNO. The largest absolute Gasteiger partial charge is 0.394 e. The van der Waals surface area contributed by atoms with Gasteiger partial charge in [-0.2, -0.15) is 0 Å². The van der Waals surface area contributed by atoms with Crippen molar-refractivity contribution in [2.24, 2.45) is 0 Å². The minimum Gasteiger partial charge on any atom is -0.394 e. The van der Waals surface area contributed by atoms with Crippen LogP contribution >= 0.6 is 27.5 Å². The molecule has 2 nitrogen and oxygen atoms in total. The molecule has 0 aromatic heterocycles. The molecule has 1 saturated carbocycles. The summed E-state index contributed by atoms with van der Waals surface area (Å²) in [6, 6.07) is 5.82. The Labute approximate surface area is 109 Å². The van der Waals surface area contributed by atoms with Crippen LogP contribution in [-0.2, 0) is 6.54 Å². The van der Waals surface area contributed by atoms with E-state index in [9.17, 15) is 5.11 Å². The van der Waals surface area contributed by atoms with Gasteiger partial charge in [-0.15, -0.1) is 0 Å². The molecule has 0 amide bonds. The average Bonchev–Trinajstić information content (AvgIpc) is 2.22. The molecule has 1 aromatic carbocycles. The van der Waals surface area contributed by atoms with Crippen molar-refractivity contribution in [3.8, 4) is 0 Å². The van der Waals surface area contributed by atoms with Crippen molar-refractivity contribution in [1.82, 2.24) is 5.32 Å². The van der Waals surface area contributed by atoms with E-state index in [0.29, 0.717) is 6.54 Å². The third-order valence-electron chi connectivity index (χ3n) is 3.27. The molecule has 1 aliphatic carbocycles. The molecule has 2 N–H and O–H groups in total. The van der Waals surface area contributed by atoms with Crippen LogP contribution in [0.4, 0.5) is 0 Å². The standard InChI is InChI=1S/C12H15BrClNO/c13-10-2-3-11(14)9(6-10)7-15-12(8-16)4-1-5-12/h2-3,6,15-16H,1,4-5,7-8H2. The van der Waals surface area contributed by atoms with Gasteiger partial charge in [-0.1, -0.05) is 27.5 Å². The number of halogens is 2. The second-order valence-corrected chi connectivity index (χ2v) is 5.70. The molecule has 0 unspecified atom stereocenters. The zero-order valence-corrected chi connectivity index (χ0v) is 11.3. The maximum absolute atomic E-state index is 9.33. The summed E-state index contributed by atoms with van der Waals surface area (Å²) in [7, 11) is 0. The van der Waals surface area contributed by atoms with Crippen molar-refractivity contribution in [2.45, 2.75) is 31.3 Å². The van der Waals surface area contributed by atoms with Gasteiger partial charge in [0.1, 0.15) is 0 Å². The lowest BCUT2D eigenvalue weighted by molar-refractivity contribution is 0.0872. The van der Waals surface area contributed by atoms with Gasteiger partial charge in [-0.25, -0.2) is 0 Å². The van der Waals surface area contributed by atoms with E-state index < -0.39 is 0 Å². The number of aliphatic hydroxyl groups is 1. The Morgan fingerprint density at radius 1 is 1.44 bits per heavy atom. The molecule has 0 atom stereocenters. The summed E-state index contributed by atoms with van der Waals surface area (Å²) < 4.78 is 1.03. The number of hydrogen-bond donors (Lipinski definition) is 2. The lowest BCUT2D eigenvalue weighted by atomic mass is 9.77. The fraction of sp³-hybridized carbons (Fsp3) is 0.500. The Hall–Kier alpha value is -0.0900. The highest BCUT2D eigenvalue weighted by atomic mass is 79.9. The molecule has 1 aromatic rings. The first-order valence-electron chi connectivity index (χ1n) is 5.45. The molecule has 0 radical (unpaired) electrons. The van der Waals surface area contributed by atoms with Gasteiger partial charge in [-0.3, -0.25) is 0 Å². The van der Waals surface area contributed by atoms with E-state index in [1.54, 1.807) is 0 Å². The first-order valence-corrected chi connectivity index (χ1v) is 6.62. The summed E-state index contributed by atoms with van der Waals surface area (Å²) in [5, 5.41) is 13.5. The summed E-state index contributed by atoms with van der Waals surface area (Å²) in [5.41, 5.74) is 1.00. The fourth-order valence-corrected chi connectivity index (χ4v) is 2.55. The van der Waals surface area contributed by atoms with Crippen molar-refractivity contribution < 1.29 is 5.11 Å². The Bertz CT molecular complexity index is 374. The zero-order valence-electron chi connectivity index (χ0n) is 8.97. The van der Waals surface area contributed by atoms with Crippen LogP contribution in [-0.4, -0.2) is 17.3 Å². The number of nitrogens with one attached hydrogen (secondary N) is 1. The molecule has 0 spiro atoms. The van der Waals surface area contributed by atoms with Crippen LogP contribution in [0.3, 0.4) is 0 Å². The van der Waals surface area contributed by atoms with Crippen LogP contribution in [0, 0.1) is 0 Å². The van der Waals surface area contributed by atoms with E-state index in [-0.39, 0.29) is 12.1 Å². The number of benzene rings is 1. The van der Waals surface area contributed by atoms with Gasteiger partial charge >= 0.3 is 0 Å². The molecule has 4 heteroatoms. The van der Waals surface area contributed by atoms with Crippen LogP contribution in [0.15, 0.2) is 22.7 Å². The third kappa shape index (κ3) is 2.59. The molecule has 88 valence electrons. The van der Waals surface area contributed by atoms with E-state index in [2.05, 4.69) is 21.2 Å². The quantitative estimate of drug-likeness (QED) is 0.896. The lowest BCUT2D eigenvalue weighted by Crippen LogP contribution is -2.53. The summed E-state index contributed by atoms with van der Waals surface area (Å²) in [5.74, 6) is 0. The van der Waals surface area contributed by atoms with E-state index in [0.717, 1.165) is 27.9 Å². The molecule has 16 heavy (non-hydrogen) atoms. The predicted molar refractivity (Wildman–Crippen MR) is 69.7 cm³/mol. The zero-order chi connectivity index (χ0) is 11.6. The molecular weight excluding hydrogens is 289 g/mol. The molecule has 0 heterocycles. The molecule has 1 aliphatic rings. The van der Waals surface area contributed by atoms with Gasteiger partial charge in [0.05, 0.1) is 6.61 Å². The van der Waals surface area contributed by atoms with Gasteiger partial charge in [-0.05, 0) is 43.0 Å². The Kier molecular flexibility index (Phi) is 3.90. The van der Waals surface area contributed by atoms with Crippen molar-refractivity contribution >= 4 is 27.5 Å². The highest BCUT2D eigenvalue weighted by molar-refractivity contribution is 9.10. The third-order valence-corrected chi connectivity index (χ3v) is 4.14. The van der Waals surface area contributed by atoms with Gasteiger partial charge in [0.15, 0.2) is 0 Å². The van der Waals surface area contributed by atoms with Crippen LogP contribution in [0.25, 0.3) is 0 Å². The summed E-state index contributed by atoms with van der Waals surface area (Å²) >= 11 is 9.54. The smallest absolute Gasteiger partial charge is 0.0613 e.